The number of nitrogens with one attached hydrogen (secondary N) is 2. The number of fused-ring (bicyclic) bond motifs is 1. The lowest BCUT2D eigenvalue weighted by Crippen LogP contribution is -3.17. The van der Waals surface area contributed by atoms with Crippen LogP contribution in [0.3, 0.4) is 0 Å². The summed E-state index contributed by atoms with van der Waals surface area (Å²) < 4.78 is 5.27. The highest BCUT2D eigenvalue weighted by Gasteiger charge is 2.28. The molecule has 5 nitrogen and oxygen atoms in total. The molecule has 0 radical (unpaired) electrons. The first-order chi connectivity index (χ1) is 11.2. The van der Waals surface area contributed by atoms with Gasteiger partial charge in [0.1, 0.15) is 12.3 Å². The maximum atomic E-state index is 12.8. The van der Waals surface area contributed by atoms with Crippen molar-refractivity contribution in [3.8, 4) is 5.75 Å². The molecule has 0 bridgehead atoms. The Morgan fingerprint density at radius 1 is 1.43 bits per heavy atom. The molecule has 1 saturated heterocycles. The fraction of sp³-hybridized carbons (Fsp3) is 0.500. The van der Waals surface area contributed by atoms with Crippen LogP contribution in [-0.4, -0.2) is 48.7 Å². The zero-order chi connectivity index (χ0) is 16.2. The Labute approximate surface area is 136 Å². The number of carbonyl (C=O) groups is 1. The van der Waals surface area contributed by atoms with E-state index >= 15 is 0 Å². The molecule has 1 aromatic carbocycles. The van der Waals surface area contributed by atoms with E-state index < -0.39 is 0 Å². The van der Waals surface area contributed by atoms with E-state index in [0.29, 0.717) is 12.6 Å². The highest BCUT2D eigenvalue weighted by atomic mass is 16.5. The number of likely N-dealkylation sites (tertiary alicyclic amines) is 1. The van der Waals surface area contributed by atoms with Crippen LogP contribution in [0.4, 0.5) is 0 Å². The number of carbonyl (C=O) groups excluding carboxylic acids is 1. The minimum atomic E-state index is 0.157. The first-order valence-corrected chi connectivity index (χ1v) is 8.36. The molecule has 0 saturated carbocycles. The number of quaternary nitrogens is 1. The van der Waals surface area contributed by atoms with E-state index in [1.165, 1.54) is 11.3 Å². The van der Waals surface area contributed by atoms with Gasteiger partial charge < -0.3 is 19.7 Å². The molecule has 1 aliphatic rings. The van der Waals surface area contributed by atoms with E-state index in [-0.39, 0.29) is 12.4 Å². The number of methoxy groups -OCH3 is 1. The van der Waals surface area contributed by atoms with Gasteiger partial charge in [-0.2, -0.15) is 0 Å². The number of ether oxygens (including phenoxy) is 1. The lowest BCUT2D eigenvalue weighted by Gasteiger charge is -2.31. The summed E-state index contributed by atoms with van der Waals surface area (Å²) in [4.78, 5) is 17.3. The van der Waals surface area contributed by atoms with Crippen molar-refractivity contribution in [3.63, 3.8) is 0 Å². The summed E-state index contributed by atoms with van der Waals surface area (Å²) in [6.45, 7) is 1.71. The van der Waals surface area contributed by atoms with Gasteiger partial charge in [-0.05, 0) is 37.5 Å². The van der Waals surface area contributed by atoms with E-state index in [1.807, 2.05) is 18.2 Å². The highest BCUT2D eigenvalue weighted by Crippen LogP contribution is 2.23. The van der Waals surface area contributed by atoms with Crippen LogP contribution in [0.1, 0.15) is 36.0 Å². The molecule has 2 aromatic rings. The predicted molar refractivity (Wildman–Crippen MR) is 89.2 cm³/mol. The van der Waals surface area contributed by atoms with Crippen molar-refractivity contribution < 1.29 is 19.5 Å². The highest BCUT2D eigenvalue weighted by molar-refractivity contribution is 6.08. The molecule has 124 valence electrons. The van der Waals surface area contributed by atoms with Crippen molar-refractivity contribution >= 4 is 16.7 Å². The lowest BCUT2D eigenvalue weighted by molar-refractivity contribution is -0.923. The average Bonchev–Trinajstić information content (AvgIpc) is 3.00. The second-order valence-electron chi connectivity index (χ2n) is 6.33. The van der Waals surface area contributed by atoms with Crippen LogP contribution in [0, 0.1) is 0 Å². The van der Waals surface area contributed by atoms with E-state index in [1.54, 1.807) is 13.3 Å². The first kappa shape index (κ1) is 16.0. The SMILES string of the molecule is COc1ccc2[nH]cc(C(=O)C[NH+]3CCCC[C@H]3CCO)c2c1. The number of aromatic nitrogens is 1. The van der Waals surface area contributed by atoms with Gasteiger partial charge >= 0.3 is 0 Å². The van der Waals surface area contributed by atoms with E-state index in [2.05, 4.69) is 4.98 Å². The molecule has 1 unspecified atom stereocenters. The number of benzene rings is 1. The molecule has 2 heterocycles. The molecule has 23 heavy (non-hydrogen) atoms. The van der Waals surface area contributed by atoms with E-state index in [4.69, 9.17) is 4.74 Å². The zero-order valence-corrected chi connectivity index (χ0v) is 13.6. The van der Waals surface area contributed by atoms with Crippen molar-refractivity contribution in [3.05, 3.63) is 30.0 Å². The Hall–Kier alpha value is -1.85. The summed E-state index contributed by atoms with van der Waals surface area (Å²) in [7, 11) is 1.63. The Kier molecular flexibility index (Phi) is 4.98. The van der Waals surface area contributed by atoms with Gasteiger partial charge in [0.05, 0.1) is 19.7 Å². The average molecular weight is 317 g/mol. The smallest absolute Gasteiger partial charge is 0.219 e. The number of ketones is 1. The Bertz CT molecular complexity index is 678. The number of rotatable bonds is 6. The van der Waals surface area contributed by atoms with Crippen LogP contribution in [-0.2, 0) is 0 Å². The lowest BCUT2D eigenvalue weighted by atomic mass is 9.98. The number of aromatic amines is 1. The summed E-state index contributed by atoms with van der Waals surface area (Å²) in [5.74, 6) is 0.916. The van der Waals surface area contributed by atoms with Crippen LogP contribution in [0.25, 0.3) is 10.9 Å². The number of Topliss-reactive ketones (excluding diaryl/α,β-unsaturated/α-hetero) is 1. The number of hydrogen-bond donors (Lipinski definition) is 3. The maximum Gasteiger partial charge on any atom is 0.219 e. The van der Waals surface area contributed by atoms with Crippen LogP contribution >= 0.6 is 0 Å². The summed E-state index contributed by atoms with van der Waals surface area (Å²) in [6, 6.07) is 6.14. The fourth-order valence-corrected chi connectivity index (χ4v) is 3.65. The van der Waals surface area contributed by atoms with Crippen LogP contribution in [0.15, 0.2) is 24.4 Å². The molecule has 3 N–H and O–H groups in total. The molecule has 1 fully saturated rings. The molecule has 0 spiro atoms. The number of H-pyrrole nitrogens is 1. The van der Waals surface area contributed by atoms with Gasteiger partial charge in [-0.15, -0.1) is 0 Å². The molecule has 1 aromatic heterocycles. The summed E-state index contributed by atoms with van der Waals surface area (Å²) in [5, 5.41) is 10.2. The number of piperidine rings is 1. The zero-order valence-electron chi connectivity index (χ0n) is 13.6. The Balaban J connectivity index is 1.79. The molecule has 3 rings (SSSR count). The fourth-order valence-electron chi connectivity index (χ4n) is 3.65. The summed E-state index contributed by atoms with van der Waals surface area (Å²) in [6.07, 6.45) is 6.05. The van der Waals surface area contributed by atoms with Crippen LogP contribution in [0.5, 0.6) is 5.75 Å². The van der Waals surface area contributed by atoms with Crippen molar-refractivity contribution in [2.45, 2.75) is 31.7 Å². The third kappa shape index (κ3) is 3.41. The van der Waals surface area contributed by atoms with E-state index in [0.717, 1.165) is 48.0 Å². The Morgan fingerprint density at radius 3 is 3.09 bits per heavy atom. The van der Waals surface area contributed by atoms with Gasteiger partial charge in [0.25, 0.3) is 0 Å². The monoisotopic (exact) mass is 317 g/mol. The van der Waals surface area contributed by atoms with Crippen molar-refractivity contribution in [1.82, 2.24) is 4.98 Å². The molecule has 2 atom stereocenters. The summed E-state index contributed by atoms with van der Waals surface area (Å²) in [5.41, 5.74) is 1.69. The van der Waals surface area contributed by atoms with Gasteiger partial charge in [-0.1, -0.05) is 0 Å². The van der Waals surface area contributed by atoms with Crippen molar-refractivity contribution in [1.29, 1.82) is 0 Å². The minimum Gasteiger partial charge on any atom is -0.497 e. The standard InChI is InChI=1S/C18H24N2O3/c1-23-14-5-6-17-15(10-14)16(11-19-17)18(22)12-20-8-3-2-4-13(20)7-9-21/h5-6,10-11,13,19,21H,2-4,7-9,12H2,1H3/p+1/t13-/m0/s1. The Morgan fingerprint density at radius 2 is 2.30 bits per heavy atom. The largest absolute Gasteiger partial charge is 0.497 e. The summed E-state index contributed by atoms with van der Waals surface area (Å²) >= 11 is 0. The molecule has 0 amide bonds. The van der Waals surface area contributed by atoms with Crippen LogP contribution in [0.2, 0.25) is 0 Å². The molecular weight excluding hydrogens is 292 g/mol. The van der Waals surface area contributed by atoms with Gasteiger partial charge in [0.15, 0.2) is 0 Å². The van der Waals surface area contributed by atoms with Crippen molar-refractivity contribution in [2.75, 3.05) is 26.8 Å². The van der Waals surface area contributed by atoms with Crippen molar-refractivity contribution in [2.24, 2.45) is 0 Å². The second-order valence-corrected chi connectivity index (χ2v) is 6.33. The third-order valence-corrected chi connectivity index (χ3v) is 4.93. The second kappa shape index (κ2) is 7.15. The third-order valence-electron chi connectivity index (χ3n) is 4.93. The van der Waals surface area contributed by atoms with E-state index in [9.17, 15) is 9.90 Å². The normalized spacial score (nSPS) is 21.5. The topological polar surface area (TPSA) is 66.8 Å². The molecule has 0 aliphatic carbocycles. The van der Waals surface area contributed by atoms with Gasteiger partial charge in [0, 0.05) is 35.7 Å². The quantitative estimate of drug-likeness (QED) is 0.701. The molecule has 1 aliphatic heterocycles. The van der Waals surface area contributed by atoms with Gasteiger partial charge in [0.2, 0.25) is 5.78 Å². The number of aliphatic hydroxyl groups excluding tert-OH is 1. The first-order valence-electron chi connectivity index (χ1n) is 8.36. The minimum absolute atomic E-state index is 0.157. The number of hydrogen-bond acceptors (Lipinski definition) is 3. The maximum absolute atomic E-state index is 12.8. The van der Waals surface area contributed by atoms with Gasteiger partial charge in [-0.3, -0.25) is 4.79 Å². The predicted octanol–water partition coefficient (Wildman–Crippen LogP) is 1.18. The number of aliphatic hydroxyl groups is 1. The van der Waals surface area contributed by atoms with Gasteiger partial charge in [-0.25, -0.2) is 0 Å². The molecule has 5 heteroatoms. The van der Waals surface area contributed by atoms with Crippen LogP contribution < -0.4 is 9.64 Å². The molecular formula is C18H25N2O3+.